The van der Waals surface area contributed by atoms with Gasteiger partial charge in [0, 0.05) is 79.1 Å². The summed E-state index contributed by atoms with van der Waals surface area (Å²) in [5, 5.41) is 30.3. The molecule has 3 aromatic rings. The van der Waals surface area contributed by atoms with Gasteiger partial charge in [0.05, 0.1) is 0 Å². The fraction of sp³-hybridized carbons (Fsp3) is 0.310. The highest BCUT2D eigenvalue weighted by molar-refractivity contribution is 14.1. The Morgan fingerprint density at radius 3 is 1.26 bits per heavy atom. The minimum absolute atomic E-state index is 0.138. The molecule has 0 heterocycles. The smallest absolute Gasteiger partial charge is 0.188 e. The summed E-state index contributed by atoms with van der Waals surface area (Å²) in [4.78, 5) is 0. The lowest BCUT2D eigenvalue weighted by Crippen LogP contribution is -2.43. The fourth-order valence-electron chi connectivity index (χ4n) is 8.57. The quantitative estimate of drug-likeness (QED) is 0.150. The average molecular weight is 710 g/mol. The summed E-state index contributed by atoms with van der Waals surface area (Å²) in [6.45, 7) is 0. The molecule has 2 atom stereocenters. The predicted molar refractivity (Wildman–Crippen MR) is 136 cm³/mol. The van der Waals surface area contributed by atoms with Gasteiger partial charge >= 0.3 is 0 Å². The zero-order valence-electron chi connectivity index (χ0n) is 20.9. The van der Waals surface area contributed by atoms with E-state index in [1.807, 2.05) is 0 Å². The number of rotatable bonds is 3. The van der Waals surface area contributed by atoms with Gasteiger partial charge in [0.1, 0.15) is 17.5 Å². The van der Waals surface area contributed by atoms with Gasteiger partial charge in [-0.15, -0.1) is 0 Å². The first kappa shape index (κ1) is 28.8. The predicted octanol–water partition coefficient (Wildman–Crippen LogP) is 7.54. The molecule has 4 fully saturated rings. The second-order valence-corrected chi connectivity index (χ2v) is 12.0. The molecule has 4 aliphatic carbocycles. The molecule has 0 radical (unpaired) electrons. The van der Waals surface area contributed by atoms with Gasteiger partial charge in [-0.25, -0.2) is 39.5 Å². The molecule has 0 aromatic heterocycles. The van der Waals surface area contributed by atoms with Crippen LogP contribution in [0, 0.1) is 67.6 Å². The van der Waals surface area contributed by atoms with Crippen molar-refractivity contribution >= 4 is 22.6 Å². The molecule has 3 nitrogen and oxygen atoms in total. The van der Waals surface area contributed by atoms with Crippen LogP contribution in [0.3, 0.4) is 0 Å². The van der Waals surface area contributed by atoms with E-state index in [1.165, 1.54) is 0 Å². The van der Waals surface area contributed by atoms with Gasteiger partial charge in [-0.1, -0.05) is 5.92 Å². The van der Waals surface area contributed by atoms with Crippen LogP contribution in [0.25, 0.3) is 0 Å². The van der Waals surface area contributed by atoms with Crippen LogP contribution in [0.4, 0.5) is 39.5 Å². The van der Waals surface area contributed by atoms with Gasteiger partial charge in [0.15, 0.2) is 52.2 Å². The van der Waals surface area contributed by atoms with Crippen molar-refractivity contribution in [2.45, 2.75) is 48.3 Å². The lowest BCUT2D eigenvalue weighted by Gasteiger charge is -2.46. The van der Waals surface area contributed by atoms with Crippen LogP contribution in [0.1, 0.15) is 48.8 Å². The van der Waals surface area contributed by atoms with Gasteiger partial charge < -0.3 is 15.3 Å². The largest absolute Gasteiger partial charge is 0.503 e. The van der Waals surface area contributed by atoms with E-state index >= 15 is 26.3 Å². The Hall–Kier alpha value is -3.28. The second-order valence-electron chi connectivity index (χ2n) is 11.5. The van der Waals surface area contributed by atoms with Crippen LogP contribution in [0.15, 0.2) is 18.2 Å². The molecule has 2 unspecified atom stereocenters. The van der Waals surface area contributed by atoms with E-state index < -0.39 is 134 Å². The molecule has 3 aromatic carbocycles. The van der Waals surface area contributed by atoms with E-state index in [4.69, 9.17) is 0 Å². The van der Waals surface area contributed by atoms with Gasteiger partial charge in [-0.2, -0.15) is 0 Å². The van der Waals surface area contributed by atoms with Crippen molar-refractivity contribution < 1.29 is 54.8 Å². The Morgan fingerprint density at radius 1 is 0.524 bits per heavy atom. The molecule has 0 saturated heterocycles. The van der Waals surface area contributed by atoms with Crippen LogP contribution in [0.5, 0.6) is 17.2 Å². The standard InChI is InChI=1S/C29H16F9IO3/c30-11-3-14(33)23(40)20(36)17(11)27-6-26(1-2-39)7-28(9-27,18-12(31)4-15(34)24(41)21(18)37)29(8-26,10-27)19-13(32)5-16(35)25(42)22(19)38/h3-5,40-42H,6-10H2. The van der Waals surface area contributed by atoms with Crippen LogP contribution >= 0.6 is 22.6 Å². The van der Waals surface area contributed by atoms with Crippen LogP contribution in [-0.4, -0.2) is 15.3 Å². The van der Waals surface area contributed by atoms with Crippen molar-refractivity contribution in [3.63, 3.8) is 0 Å². The molecule has 220 valence electrons. The summed E-state index contributed by atoms with van der Waals surface area (Å²) in [5.41, 5.74) is -11.1. The first-order valence-corrected chi connectivity index (χ1v) is 13.4. The molecular weight excluding hydrogens is 694 g/mol. The Bertz CT molecular complexity index is 1720. The first-order valence-electron chi connectivity index (χ1n) is 12.3. The van der Waals surface area contributed by atoms with Crippen LogP contribution in [0.2, 0.25) is 0 Å². The zero-order chi connectivity index (χ0) is 30.7. The van der Waals surface area contributed by atoms with Crippen molar-refractivity contribution in [1.82, 2.24) is 0 Å². The van der Waals surface area contributed by atoms with Crippen molar-refractivity contribution in [3.05, 3.63) is 87.2 Å². The molecular formula is C29H16F9IO3. The summed E-state index contributed by atoms with van der Waals surface area (Å²) in [6.07, 6.45) is -2.56. The summed E-state index contributed by atoms with van der Waals surface area (Å²) in [7, 11) is 0. The molecule has 4 bridgehead atoms. The minimum Gasteiger partial charge on any atom is -0.503 e. The Balaban J connectivity index is 1.80. The van der Waals surface area contributed by atoms with Crippen molar-refractivity contribution in [2.24, 2.45) is 5.41 Å². The topological polar surface area (TPSA) is 60.7 Å². The van der Waals surface area contributed by atoms with E-state index in [1.54, 1.807) is 22.6 Å². The molecule has 7 rings (SSSR count). The zero-order valence-corrected chi connectivity index (χ0v) is 23.0. The van der Waals surface area contributed by atoms with Gasteiger partial charge in [-0.3, -0.25) is 0 Å². The van der Waals surface area contributed by atoms with Crippen molar-refractivity contribution in [1.29, 1.82) is 0 Å². The van der Waals surface area contributed by atoms with Crippen molar-refractivity contribution in [3.8, 4) is 27.1 Å². The highest BCUT2D eigenvalue weighted by Gasteiger charge is 2.79. The molecule has 3 N–H and O–H groups in total. The van der Waals surface area contributed by atoms with E-state index in [0.29, 0.717) is 0 Å². The van der Waals surface area contributed by atoms with Crippen molar-refractivity contribution in [2.75, 3.05) is 0 Å². The third-order valence-electron chi connectivity index (χ3n) is 9.39. The maximum absolute atomic E-state index is 15.8. The lowest BCUT2D eigenvalue weighted by atomic mass is 9.56. The third-order valence-corrected chi connectivity index (χ3v) is 9.66. The summed E-state index contributed by atoms with van der Waals surface area (Å²) in [6, 6.07) is 0.457. The van der Waals surface area contributed by atoms with E-state index in [0.717, 1.165) is 0 Å². The number of hydrogen-bond donors (Lipinski definition) is 3. The van der Waals surface area contributed by atoms with E-state index in [9.17, 15) is 28.5 Å². The Labute approximate surface area is 245 Å². The second kappa shape index (κ2) is 8.87. The summed E-state index contributed by atoms with van der Waals surface area (Å²) < 4.78 is 139. The molecule has 13 heteroatoms. The fourth-order valence-corrected chi connectivity index (χ4v) is 9.14. The van der Waals surface area contributed by atoms with E-state index in [-0.39, 0.29) is 24.6 Å². The molecule has 0 spiro atoms. The van der Waals surface area contributed by atoms with Gasteiger partial charge in [0.25, 0.3) is 0 Å². The number of benzene rings is 3. The lowest BCUT2D eigenvalue weighted by molar-refractivity contribution is 0.149. The maximum Gasteiger partial charge on any atom is 0.188 e. The summed E-state index contributed by atoms with van der Waals surface area (Å²) in [5.74, 6) is -17.3. The Kier molecular flexibility index (Phi) is 6.09. The number of hydrogen-bond acceptors (Lipinski definition) is 3. The molecule has 42 heavy (non-hydrogen) atoms. The van der Waals surface area contributed by atoms with Crippen LogP contribution < -0.4 is 0 Å². The Morgan fingerprint density at radius 2 is 0.881 bits per heavy atom. The first-order chi connectivity index (χ1) is 19.6. The number of phenols is 3. The number of aromatic hydroxyl groups is 3. The van der Waals surface area contributed by atoms with Crippen LogP contribution in [-0.2, 0) is 16.2 Å². The SMILES string of the molecule is Oc1c(F)cc(F)c(C23CC4(C#CI)CC(c5c(F)cc(F)c(O)c5F)(C2)C(c2c(F)cc(F)c(O)c2F)(C4)C3)c1F. The normalized spacial score (nSPS) is 29.2. The summed E-state index contributed by atoms with van der Waals surface area (Å²) >= 11 is 1.62. The average Bonchev–Trinajstić information content (AvgIpc) is 3.20. The minimum atomic E-state index is -2.25. The molecule has 0 aliphatic heterocycles. The maximum atomic E-state index is 15.8. The monoisotopic (exact) mass is 710 g/mol. The van der Waals surface area contributed by atoms with Gasteiger partial charge in [0.2, 0.25) is 0 Å². The number of halogens is 10. The molecule has 0 amide bonds. The third kappa shape index (κ3) is 3.38. The number of phenolic OH excluding ortho intramolecular Hbond substituents is 3. The highest BCUT2D eigenvalue weighted by atomic mass is 127. The van der Waals surface area contributed by atoms with E-state index in [2.05, 4.69) is 9.85 Å². The molecule has 4 saturated carbocycles. The van der Waals surface area contributed by atoms with Gasteiger partial charge in [-0.05, 0) is 36.0 Å². The highest BCUT2D eigenvalue weighted by Crippen LogP contribution is 2.81. The molecule has 4 aliphatic rings.